The highest BCUT2D eigenvalue weighted by Gasteiger charge is 2.48. The van der Waals surface area contributed by atoms with Crippen LogP contribution in [0.15, 0.2) is 6.20 Å². The summed E-state index contributed by atoms with van der Waals surface area (Å²) in [7, 11) is 1.87. The highest BCUT2D eigenvalue weighted by atomic mass is 16.3. The molecule has 0 spiro atoms. The third kappa shape index (κ3) is 2.57. The normalized spacial score (nSPS) is 39.2. The average Bonchev–Trinajstić information content (AvgIpc) is 3.15. The first kappa shape index (κ1) is 15.7. The van der Waals surface area contributed by atoms with Crippen LogP contribution >= 0.6 is 0 Å². The lowest BCUT2D eigenvalue weighted by Crippen LogP contribution is -2.55. The lowest BCUT2D eigenvalue weighted by Gasteiger charge is -2.54. The molecule has 6 heteroatoms. The first-order valence-corrected chi connectivity index (χ1v) is 9.84. The largest absolute Gasteiger partial charge is 0.391 e. The number of carbonyl (C=O) groups excluding carboxylic acids is 1. The molecule has 25 heavy (non-hydrogen) atoms. The maximum Gasteiger partial charge on any atom is 0.256 e. The first-order chi connectivity index (χ1) is 12.1. The van der Waals surface area contributed by atoms with E-state index < -0.39 is 0 Å². The first-order valence-electron chi connectivity index (χ1n) is 9.84. The number of amides is 1. The van der Waals surface area contributed by atoms with Crippen LogP contribution in [0.5, 0.6) is 0 Å². The van der Waals surface area contributed by atoms with Crippen molar-refractivity contribution in [1.82, 2.24) is 15.1 Å². The smallest absolute Gasteiger partial charge is 0.256 e. The van der Waals surface area contributed by atoms with Crippen molar-refractivity contribution in [3.05, 3.63) is 11.8 Å². The van der Waals surface area contributed by atoms with Crippen LogP contribution in [-0.2, 0) is 7.05 Å². The van der Waals surface area contributed by atoms with Crippen LogP contribution in [0.4, 0.5) is 5.82 Å². The topological polar surface area (TPSA) is 70.4 Å². The van der Waals surface area contributed by atoms with Crippen molar-refractivity contribution >= 4 is 11.7 Å². The zero-order chi connectivity index (χ0) is 17.1. The number of β-amino-alcohol motifs (C(OH)–C–C–N with tert-alkyl or cyclic N) is 1. The maximum atomic E-state index is 13.1. The van der Waals surface area contributed by atoms with E-state index in [4.69, 9.17) is 0 Å². The summed E-state index contributed by atoms with van der Waals surface area (Å²) < 4.78 is 1.77. The van der Waals surface area contributed by atoms with Crippen molar-refractivity contribution in [3.8, 4) is 0 Å². The summed E-state index contributed by atoms with van der Waals surface area (Å²) in [6, 6.07) is 0.345. The molecule has 1 atom stereocenters. The Bertz CT molecular complexity index is 657. The minimum absolute atomic E-state index is 0.0157. The molecule has 5 aliphatic rings. The molecule has 1 amide bonds. The molecule has 6 nitrogen and oxygen atoms in total. The van der Waals surface area contributed by atoms with Gasteiger partial charge in [0.1, 0.15) is 11.4 Å². The fourth-order valence-electron chi connectivity index (χ4n) is 6.29. The summed E-state index contributed by atoms with van der Waals surface area (Å²) in [6.45, 7) is 1.36. The standard InChI is InChI=1S/C19H28N4O2/c1-22-19(23-3-2-15(24)10-23)16(9-20-22)18(25)21-17-13-5-11-4-12(7-13)8-14(17)6-11/h9,11-15,17,24H,2-8,10H2,1H3,(H,21,25). The molecule has 4 aliphatic carbocycles. The van der Waals surface area contributed by atoms with Crippen molar-refractivity contribution in [2.45, 2.75) is 50.7 Å². The van der Waals surface area contributed by atoms with Gasteiger partial charge in [0.15, 0.2) is 0 Å². The van der Waals surface area contributed by atoms with Crippen molar-refractivity contribution < 1.29 is 9.90 Å². The molecule has 6 rings (SSSR count). The second kappa shape index (κ2) is 5.73. The number of aliphatic hydroxyl groups is 1. The fraction of sp³-hybridized carbons (Fsp3) is 0.789. The van der Waals surface area contributed by atoms with E-state index in [2.05, 4.69) is 15.3 Å². The Morgan fingerprint density at radius 1 is 1.20 bits per heavy atom. The van der Waals surface area contributed by atoms with Gasteiger partial charge in [0, 0.05) is 26.2 Å². The van der Waals surface area contributed by atoms with Gasteiger partial charge in [0.25, 0.3) is 5.91 Å². The molecule has 1 aliphatic heterocycles. The van der Waals surface area contributed by atoms with E-state index in [0.717, 1.165) is 30.6 Å². The van der Waals surface area contributed by atoms with E-state index in [0.29, 0.717) is 30.0 Å². The molecule has 4 saturated carbocycles. The minimum atomic E-state index is -0.310. The second-order valence-corrected chi connectivity index (χ2v) is 8.82. The third-order valence-electron chi connectivity index (χ3n) is 7.14. The van der Waals surface area contributed by atoms with Gasteiger partial charge < -0.3 is 15.3 Å². The van der Waals surface area contributed by atoms with E-state index in [-0.39, 0.29) is 12.0 Å². The summed E-state index contributed by atoms with van der Waals surface area (Å²) >= 11 is 0. The summed E-state index contributed by atoms with van der Waals surface area (Å²) in [4.78, 5) is 15.1. The Morgan fingerprint density at radius 3 is 2.48 bits per heavy atom. The summed E-state index contributed by atoms with van der Waals surface area (Å²) in [5.74, 6) is 4.04. The van der Waals surface area contributed by atoms with Gasteiger partial charge in [-0.1, -0.05) is 0 Å². The highest BCUT2D eigenvalue weighted by Crippen LogP contribution is 2.53. The number of anilines is 1. The van der Waals surface area contributed by atoms with Crippen molar-refractivity contribution in [2.24, 2.45) is 30.7 Å². The molecule has 5 fully saturated rings. The van der Waals surface area contributed by atoms with Gasteiger partial charge >= 0.3 is 0 Å². The molecule has 2 heterocycles. The quantitative estimate of drug-likeness (QED) is 0.873. The number of carbonyl (C=O) groups is 1. The number of nitrogens with zero attached hydrogens (tertiary/aromatic N) is 3. The Kier molecular flexibility index (Phi) is 3.59. The molecular weight excluding hydrogens is 316 g/mol. The van der Waals surface area contributed by atoms with Gasteiger partial charge in [0.2, 0.25) is 0 Å². The number of nitrogens with one attached hydrogen (secondary N) is 1. The number of hydrogen-bond donors (Lipinski definition) is 2. The average molecular weight is 344 g/mol. The number of aromatic nitrogens is 2. The van der Waals surface area contributed by atoms with Crippen LogP contribution in [0.3, 0.4) is 0 Å². The van der Waals surface area contributed by atoms with E-state index in [1.165, 1.54) is 32.1 Å². The molecule has 136 valence electrons. The molecular formula is C19H28N4O2. The molecule has 1 saturated heterocycles. The number of aliphatic hydroxyl groups excluding tert-OH is 1. The molecule has 2 N–H and O–H groups in total. The zero-order valence-corrected chi connectivity index (χ0v) is 14.9. The van der Waals surface area contributed by atoms with Gasteiger partial charge in [-0.15, -0.1) is 0 Å². The molecule has 1 aromatic heterocycles. The van der Waals surface area contributed by atoms with Crippen LogP contribution in [0.25, 0.3) is 0 Å². The van der Waals surface area contributed by atoms with Crippen LogP contribution in [0.2, 0.25) is 0 Å². The van der Waals surface area contributed by atoms with Crippen molar-refractivity contribution in [2.75, 3.05) is 18.0 Å². The Hall–Kier alpha value is -1.56. The molecule has 4 bridgehead atoms. The van der Waals surface area contributed by atoms with Crippen LogP contribution in [0, 0.1) is 23.7 Å². The predicted molar refractivity (Wildman–Crippen MR) is 94.3 cm³/mol. The minimum Gasteiger partial charge on any atom is -0.391 e. The van der Waals surface area contributed by atoms with Gasteiger partial charge in [-0.05, 0) is 62.2 Å². The number of hydrogen-bond acceptors (Lipinski definition) is 4. The Labute approximate surface area is 148 Å². The highest BCUT2D eigenvalue weighted by molar-refractivity contribution is 5.99. The summed E-state index contributed by atoms with van der Waals surface area (Å²) in [5, 5.41) is 17.6. The van der Waals surface area contributed by atoms with Crippen molar-refractivity contribution in [3.63, 3.8) is 0 Å². The van der Waals surface area contributed by atoms with Crippen LogP contribution in [0.1, 0.15) is 48.9 Å². The van der Waals surface area contributed by atoms with Crippen LogP contribution in [-0.4, -0.2) is 46.0 Å². The van der Waals surface area contributed by atoms with Gasteiger partial charge in [0.05, 0.1) is 12.3 Å². The fourth-order valence-corrected chi connectivity index (χ4v) is 6.29. The van der Waals surface area contributed by atoms with Crippen LogP contribution < -0.4 is 10.2 Å². The van der Waals surface area contributed by atoms with Gasteiger partial charge in [-0.25, -0.2) is 0 Å². The molecule has 1 aromatic rings. The molecule has 1 unspecified atom stereocenters. The zero-order valence-electron chi connectivity index (χ0n) is 14.9. The van der Waals surface area contributed by atoms with Gasteiger partial charge in [-0.2, -0.15) is 5.10 Å². The lowest BCUT2D eigenvalue weighted by atomic mass is 9.54. The summed E-state index contributed by atoms with van der Waals surface area (Å²) in [6.07, 6.45) is 8.76. The molecule has 0 radical (unpaired) electrons. The van der Waals surface area contributed by atoms with E-state index in [1.807, 2.05) is 7.05 Å². The Balaban J connectivity index is 1.35. The SMILES string of the molecule is Cn1ncc(C(=O)NC2C3CC4CC(C3)CC2C4)c1N1CCC(O)C1. The monoisotopic (exact) mass is 344 g/mol. The van der Waals surface area contributed by atoms with Crippen molar-refractivity contribution in [1.29, 1.82) is 0 Å². The van der Waals surface area contributed by atoms with E-state index in [1.54, 1.807) is 10.9 Å². The number of rotatable bonds is 3. The number of aryl methyl sites for hydroxylation is 1. The second-order valence-electron chi connectivity index (χ2n) is 8.82. The molecule has 0 aromatic carbocycles. The predicted octanol–water partition coefficient (Wildman–Crippen LogP) is 1.55. The summed E-state index contributed by atoms with van der Waals surface area (Å²) in [5.41, 5.74) is 0.658. The van der Waals surface area contributed by atoms with E-state index in [9.17, 15) is 9.90 Å². The lowest BCUT2D eigenvalue weighted by molar-refractivity contribution is -0.0119. The maximum absolute atomic E-state index is 13.1. The third-order valence-corrected chi connectivity index (χ3v) is 7.14. The Morgan fingerprint density at radius 2 is 1.88 bits per heavy atom. The van der Waals surface area contributed by atoms with E-state index >= 15 is 0 Å². The van der Waals surface area contributed by atoms with Gasteiger partial charge in [-0.3, -0.25) is 9.48 Å².